The third-order valence-corrected chi connectivity index (χ3v) is 15.2. The molecule has 3 saturated carbocycles. The van der Waals surface area contributed by atoms with E-state index in [4.69, 9.17) is 11.6 Å². The second-order valence-corrected chi connectivity index (χ2v) is 17.7. The maximum Gasteiger partial charge on any atom is 0.164 e. The minimum atomic E-state index is -1.15. The topological polar surface area (TPSA) is 101 Å². The highest BCUT2D eigenvalue weighted by atomic mass is 35.5. The molecule has 3 fully saturated rings. The van der Waals surface area contributed by atoms with Gasteiger partial charge in [0.1, 0.15) is 5.82 Å². The number of nitrogens with zero attached hydrogens (tertiary/aromatic N) is 1. The van der Waals surface area contributed by atoms with Gasteiger partial charge in [-0.25, -0.2) is 4.39 Å². The van der Waals surface area contributed by atoms with Crippen molar-refractivity contribution in [3.05, 3.63) is 106 Å². The fourth-order valence-electron chi connectivity index (χ4n) is 12.2. The van der Waals surface area contributed by atoms with Crippen molar-refractivity contribution in [2.45, 2.75) is 89.6 Å². The van der Waals surface area contributed by atoms with Gasteiger partial charge in [0.15, 0.2) is 5.78 Å². The van der Waals surface area contributed by atoms with E-state index in [-0.39, 0.29) is 53.2 Å². The largest absolute Gasteiger partial charge is 0.394 e. The number of rotatable bonds is 10. The molecule has 0 aliphatic heterocycles. The number of allylic oxidation sites excluding steroid dienone is 4. The lowest BCUT2D eigenvalue weighted by Crippen LogP contribution is -2.67. The third-order valence-electron chi connectivity index (χ3n) is 14.9. The molecule has 6 nitrogen and oxygen atoms in total. The van der Waals surface area contributed by atoms with Crippen LogP contribution in [-0.4, -0.2) is 68.6 Å². The number of carbonyl (C=O) groups excluding carboxylic acids is 1. The Balaban J connectivity index is 1.19. The molecule has 0 saturated heterocycles. The molecule has 9 atom stereocenters. The van der Waals surface area contributed by atoms with Crippen molar-refractivity contribution in [2.24, 2.45) is 33.5 Å². The van der Waals surface area contributed by atoms with E-state index in [2.05, 4.69) is 61.2 Å². The van der Waals surface area contributed by atoms with Crippen molar-refractivity contribution in [2.75, 3.05) is 19.7 Å². The molecule has 0 radical (unpaired) electrons. The quantitative estimate of drug-likeness (QED) is 0.165. The standard InChI is InChI=1S/C44H51ClFNO5/c1-40-16-13-30(49)22-42(40)19-20-44(34(23-42)37(51)21-33-35(45)11-6-12-36(33)46)38(40)14-17-41(2)39(44)15-18-43(41,52)27-47(25-31(50)26-48)24-29-9-5-8-28-7-3-4-10-32(28)29/h3-12,19-20,23,30-31,38-39,48-50,52H,13-18,21-22,24-27H2,1-2H3. The fourth-order valence-corrected chi connectivity index (χ4v) is 12.4. The predicted octanol–water partition coefficient (Wildman–Crippen LogP) is 7.19. The number of benzene rings is 3. The number of fused-ring (bicyclic) bond motifs is 2. The molecule has 0 heterocycles. The van der Waals surface area contributed by atoms with Crippen LogP contribution in [0.4, 0.5) is 4.39 Å². The van der Waals surface area contributed by atoms with Crippen LogP contribution in [0.2, 0.25) is 5.02 Å². The summed E-state index contributed by atoms with van der Waals surface area (Å²) in [6.45, 7) is 5.16. The lowest BCUT2D eigenvalue weighted by atomic mass is 9.32. The Morgan fingerprint density at radius 1 is 0.962 bits per heavy atom. The summed E-state index contributed by atoms with van der Waals surface area (Å²) in [6, 6.07) is 18.9. The van der Waals surface area contributed by atoms with Gasteiger partial charge >= 0.3 is 0 Å². The summed E-state index contributed by atoms with van der Waals surface area (Å²) in [6.07, 6.45) is 10.0. The Morgan fingerprint density at radius 2 is 1.67 bits per heavy atom. The first kappa shape index (κ1) is 36.1. The van der Waals surface area contributed by atoms with Crippen LogP contribution in [0.1, 0.15) is 69.9 Å². The molecule has 6 aliphatic rings. The highest BCUT2D eigenvalue weighted by Crippen LogP contribution is 2.78. The van der Waals surface area contributed by atoms with E-state index >= 15 is 4.39 Å². The van der Waals surface area contributed by atoms with E-state index < -0.39 is 39.9 Å². The summed E-state index contributed by atoms with van der Waals surface area (Å²) >= 11 is 6.48. The van der Waals surface area contributed by atoms with Gasteiger partial charge in [-0.05, 0) is 90.7 Å². The van der Waals surface area contributed by atoms with Crippen LogP contribution >= 0.6 is 11.6 Å². The van der Waals surface area contributed by atoms with Crippen molar-refractivity contribution >= 4 is 28.2 Å². The van der Waals surface area contributed by atoms with Crippen molar-refractivity contribution < 1.29 is 29.6 Å². The van der Waals surface area contributed by atoms with E-state index in [1.54, 1.807) is 12.1 Å². The lowest BCUT2D eigenvalue weighted by Gasteiger charge is -2.71. The van der Waals surface area contributed by atoms with E-state index in [1.165, 1.54) is 6.07 Å². The minimum Gasteiger partial charge on any atom is -0.394 e. The smallest absolute Gasteiger partial charge is 0.164 e. The summed E-state index contributed by atoms with van der Waals surface area (Å²) in [7, 11) is 0. The summed E-state index contributed by atoms with van der Waals surface area (Å²) in [5.74, 6) is -0.606. The Morgan fingerprint density at radius 3 is 2.46 bits per heavy atom. The van der Waals surface area contributed by atoms with Crippen molar-refractivity contribution in [3.63, 3.8) is 0 Å². The van der Waals surface area contributed by atoms with Crippen molar-refractivity contribution in [1.29, 1.82) is 0 Å². The highest BCUT2D eigenvalue weighted by molar-refractivity contribution is 6.31. The zero-order chi connectivity index (χ0) is 36.7. The van der Waals surface area contributed by atoms with E-state index in [0.29, 0.717) is 44.3 Å². The molecule has 0 amide bonds. The highest BCUT2D eigenvalue weighted by Gasteiger charge is 2.74. The first-order valence-corrected chi connectivity index (χ1v) is 19.5. The second-order valence-electron chi connectivity index (χ2n) is 17.3. The summed E-state index contributed by atoms with van der Waals surface area (Å²) < 4.78 is 15.2. The molecule has 52 heavy (non-hydrogen) atoms. The molecule has 9 rings (SSSR count). The van der Waals surface area contributed by atoms with Gasteiger partial charge in [0.2, 0.25) is 0 Å². The van der Waals surface area contributed by atoms with Gasteiger partial charge < -0.3 is 20.4 Å². The molecule has 6 aliphatic carbocycles. The van der Waals surface area contributed by atoms with Crippen LogP contribution in [0.15, 0.2) is 84.5 Å². The van der Waals surface area contributed by atoms with Gasteiger partial charge in [0.05, 0.1) is 24.4 Å². The number of aliphatic hydroxyl groups excluding tert-OH is 3. The van der Waals surface area contributed by atoms with Gasteiger partial charge in [-0.15, -0.1) is 0 Å². The first-order valence-electron chi connectivity index (χ1n) is 19.1. The van der Waals surface area contributed by atoms with Crippen LogP contribution in [0.3, 0.4) is 0 Å². The first-order chi connectivity index (χ1) is 24.8. The molecular weight excluding hydrogens is 677 g/mol. The van der Waals surface area contributed by atoms with E-state index in [9.17, 15) is 25.2 Å². The molecule has 4 N–H and O–H groups in total. The number of aliphatic hydroxyl groups is 4. The number of halogens is 2. The Labute approximate surface area is 311 Å². The second kappa shape index (κ2) is 12.9. The molecule has 3 aromatic rings. The zero-order valence-electron chi connectivity index (χ0n) is 30.2. The number of hydrogen-bond donors (Lipinski definition) is 4. The van der Waals surface area contributed by atoms with Crippen LogP contribution in [0.25, 0.3) is 10.8 Å². The normalized spacial score (nSPS) is 36.7. The van der Waals surface area contributed by atoms with Crippen LogP contribution in [-0.2, 0) is 17.8 Å². The van der Waals surface area contributed by atoms with Crippen LogP contribution in [0.5, 0.6) is 0 Å². The van der Waals surface area contributed by atoms with Crippen LogP contribution < -0.4 is 0 Å². The van der Waals surface area contributed by atoms with Crippen molar-refractivity contribution in [1.82, 2.24) is 4.90 Å². The Bertz CT molecular complexity index is 1940. The molecule has 0 aromatic heterocycles. The zero-order valence-corrected chi connectivity index (χ0v) is 31.0. The Hall–Kier alpha value is -2.91. The minimum absolute atomic E-state index is 0.0737. The molecule has 3 aromatic carbocycles. The number of hydrogen-bond acceptors (Lipinski definition) is 6. The van der Waals surface area contributed by atoms with Gasteiger partial charge in [-0.3, -0.25) is 9.69 Å². The number of carbonyl (C=O) groups is 1. The van der Waals surface area contributed by atoms with Crippen LogP contribution in [0, 0.1) is 39.3 Å². The monoisotopic (exact) mass is 727 g/mol. The maximum atomic E-state index is 15.2. The van der Waals surface area contributed by atoms with Gasteiger partial charge in [0, 0.05) is 58.5 Å². The summed E-state index contributed by atoms with van der Waals surface area (Å²) in [4.78, 5) is 16.8. The molecule has 2 spiro atoms. The Kier molecular flexibility index (Phi) is 8.92. The lowest BCUT2D eigenvalue weighted by molar-refractivity contribution is -0.180. The summed E-state index contributed by atoms with van der Waals surface area (Å²) in [5.41, 5.74) is -1.11. The van der Waals surface area contributed by atoms with E-state index in [0.717, 1.165) is 35.6 Å². The van der Waals surface area contributed by atoms with E-state index in [1.807, 2.05) is 18.2 Å². The van der Waals surface area contributed by atoms with Crippen molar-refractivity contribution in [3.8, 4) is 0 Å². The average molecular weight is 728 g/mol. The molecule has 2 bridgehead atoms. The van der Waals surface area contributed by atoms with Gasteiger partial charge in [0.25, 0.3) is 0 Å². The third kappa shape index (κ3) is 5.25. The van der Waals surface area contributed by atoms with Gasteiger partial charge in [-0.2, -0.15) is 0 Å². The predicted molar refractivity (Wildman–Crippen MR) is 201 cm³/mol. The fraction of sp³-hybridized carbons (Fsp3) is 0.523. The number of ketones is 1. The summed E-state index contributed by atoms with van der Waals surface area (Å²) in [5, 5.41) is 47.2. The van der Waals surface area contributed by atoms with Gasteiger partial charge in [-0.1, -0.05) is 92.2 Å². The molecule has 276 valence electrons. The number of Topliss-reactive ketones (excluding diaryl/α,β-unsaturated/α-hetero) is 1. The average Bonchev–Trinajstić information content (AvgIpc) is 3.39. The molecular formula is C44H51ClFNO5. The molecule has 9 unspecified atom stereocenters. The SMILES string of the molecule is CC12CCC(O)CC13C=CC1(C(C(=O)Cc4c(F)cccc4Cl)=C3)C2CCC2(C)C1CCC2(O)CN(Cc1cccc2ccccc12)CC(O)CO. The maximum absolute atomic E-state index is 15.2. The molecule has 8 heteroatoms.